The Bertz CT molecular complexity index is 1220. The smallest absolute Gasteiger partial charge is 0.338 e. The van der Waals surface area contributed by atoms with E-state index in [2.05, 4.69) is 0 Å². The summed E-state index contributed by atoms with van der Waals surface area (Å²) in [6.45, 7) is 9.10. The van der Waals surface area contributed by atoms with Crippen LogP contribution < -0.4 is 4.74 Å². The van der Waals surface area contributed by atoms with Crippen LogP contribution in [0.4, 0.5) is 0 Å². The summed E-state index contributed by atoms with van der Waals surface area (Å²) in [7, 11) is 0. The van der Waals surface area contributed by atoms with E-state index >= 15 is 0 Å². The predicted molar refractivity (Wildman–Crippen MR) is 143 cm³/mol. The lowest BCUT2D eigenvalue weighted by Gasteiger charge is -2.36. The van der Waals surface area contributed by atoms with Gasteiger partial charge >= 0.3 is 5.97 Å². The van der Waals surface area contributed by atoms with E-state index in [-0.39, 0.29) is 18.9 Å². The second kappa shape index (κ2) is 11.5. The lowest BCUT2D eigenvalue weighted by molar-refractivity contribution is -0.139. The lowest BCUT2D eigenvalue weighted by atomic mass is 9.93. The van der Waals surface area contributed by atoms with Crippen molar-refractivity contribution in [2.24, 2.45) is 4.99 Å². The zero-order chi connectivity index (χ0) is 25.7. The summed E-state index contributed by atoms with van der Waals surface area (Å²) in [5.74, 6) is 1.00. The van der Waals surface area contributed by atoms with Crippen molar-refractivity contribution >= 4 is 28.8 Å². The topological polar surface area (TPSA) is 71.4 Å². The average molecular weight is 506 g/mol. The SMILES string of the molecule is CCOC(=O)C1=C(C)N=C2SC=C(CC(=O)N(CC)CC)N2C1c1cccc(Oc2ccccc2)c1. The number of hydrogen-bond donors (Lipinski definition) is 0. The summed E-state index contributed by atoms with van der Waals surface area (Å²) < 4.78 is 11.5. The monoisotopic (exact) mass is 505 g/mol. The zero-order valence-electron chi connectivity index (χ0n) is 21.1. The molecular weight excluding hydrogens is 474 g/mol. The van der Waals surface area contributed by atoms with Gasteiger partial charge in [-0.2, -0.15) is 0 Å². The van der Waals surface area contributed by atoms with Crippen molar-refractivity contribution in [2.45, 2.75) is 40.2 Å². The molecule has 1 atom stereocenters. The molecule has 0 bridgehead atoms. The van der Waals surface area contributed by atoms with Crippen LogP contribution in [0.1, 0.15) is 45.7 Å². The molecule has 0 aliphatic carbocycles. The zero-order valence-corrected chi connectivity index (χ0v) is 21.9. The highest BCUT2D eigenvalue weighted by Gasteiger charge is 2.41. The third-order valence-corrected chi connectivity index (χ3v) is 6.99. The fourth-order valence-electron chi connectivity index (χ4n) is 4.37. The van der Waals surface area contributed by atoms with Gasteiger partial charge < -0.3 is 19.3 Å². The van der Waals surface area contributed by atoms with Gasteiger partial charge in [-0.3, -0.25) is 4.79 Å². The van der Waals surface area contributed by atoms with Gasteiger partial charge in [0.1, 0.15) is 11.5 Å². The molecule has 4 rings (SSSR count). The van der Waals surface area contributed by atoms with Crippen LogP contribution in [-0.4, -0.2) is 46.5 Å². The summed E-state index contributed by atoms with van der Waals surface area (Å²) >= 11 is 1.47. The molecule has 36 heavy (non-hydrogen) atoms. The Kier molecular flexibility index (Phi) is 8.15. The van der Waals surface area contributed by atoms with Gasteiger partial charge in [0.05, 0.1) is 30.3 Å². The van der Waals surface area contributed by atoms with Gasteiger partial charge in [0, 0.05) is 18.8 Å². The highest BCUT2D eigenvalue weighted by molar-refractivity contribution is 8.16. The van der Waals surface area contributed by atoms with Crippen molar-refractivity contribution in [1.82, 2.24) is 9.80 Å². The molecule has 0 radical (unpaired) electrons. The number of carbonyl (C=O) groups excluding carboxylic acids is 2. The van der Waals surface area contributed by atoms with Gasteiger partial charge in [-0.05, 0) is 62.9 Å². The summed E-state index contributed by atoms with van der Waals surface area (Å²) in [5, 5.41) is 2.70. The number of benzene rings is 2. The summed E-state index contributed by atoms with van der Waals surface area (Å²) in [5.41, 5.74) is 2.73. The molecule has 2 aliphatic heterocycles. The Labute approximate surface area is 216 Å². The van der Waals surface area contributed by atoms with Gasteiger partial charge in [0.25, 0.3) is 0 Å². The third kappa shape index (κ3) is 5.33. The number of esters is 1. The van der Waals surface area contributed by atoms with E-state index in [0.717, 1.165) is 22.2 Å². The van der Waals surface area contributed by atoms with Gasteiger partial charge in [-0.25, -0.2) is 9.79 Å². The van der Waals surface area contributed by atoms with E-state index in [0.29, 0.717) is 30.1 Å². The second-order valence-electron chi connectivity index (χ2n) is 8.34. The Morgan fingerprint density at radius 1 is 1.03 bits per heavy atom. The first kappa shape index (κ1) is 25.6. The van der Waals surface area contributed by atoms with Crippen LogP contribution in [0.15, 0.2) is 82.0 Å². The molecule has 2 aromatic carbocycles. The first-order valence-corrected chi connectivity index (χ1v) is 13.1. The van der Waals surface area contributed by atoms with Crippen molar-refractivity contribution < 1.29 is 19.1 Å². The van der Waals surface area contributed by atoms with Gasteiger partial charge in [-0.15, -0.1) is 0 Å². The molecule has 2 heterocycles. The number of amidine groups is 1. The molecule has 7 nitrogen and oxygen atoms in total. The molecule has 188 valence electrons. The number of aliphatic imine (C=N–C) groups is 1. The largest absolute Gasteiger partial charge is 0.463 e. The van der Waals surface area contributed by atoms with Gasteiger partial charge in [0.2, 0.25) is 5.91 Å². The van der Waals surface area contributed by atoms with Crippen LogP contribution in [-0.2, 0) is 14.3 Å². The van der Waals surface area contributed by atoms with E-state index in [1.54, 1.807) is 11.8 Å². The number of hydrogen-bond acceptors (Lipinski definition) is 7. The highest BCUT2D eigenvalue weighted by atomic mass is 32.2. The van der Waals surface area contributed by atoms with Crippen molar-refractivity contribution in [3.8, 4) is 11.5 Å². The summed E-state index contributed by atoms with van der Waals surface area (Å²) in [6, 6.07) is 16.7. The molecule has 0 N–H and O–H groups in total. The molecular formula is C28H31N3O4S. The highest BCUT2D eigenvalue weighted by Crippen LogP contribution is 2.45. The van der Waals surface area contributed by atoms with Crippen molar-refractivity contribution in [3.05, 3.63) is 82.5 Å². The quantitative estimate of drug-likeness (QED) is 0.397. The number of thioether (sulfide) groups is 1. The van der Waals surface area contributed by atoms with E-state index in [1.807, 2.05) is 85.7 Å². The predicted octanol–water partition coefficient (Wildman–Crippen LogP) is 5.88. The Balaban J connectivity index is 1.74. The van der Waals surface area contributed by atoms with E-state index in [1.165, 1.54) is 11.8 Å². The van der Waals surface area contributed by atoms with Crippen LogP contribution >= 0.6 is 11.8 Å². The molecule has 0 saturated heterocycles. The maximum Gasteiger partial charge on any atom is 0.338 e. The van der Waals surface area contributed by atoms with Crippen LogP contribution in [0, 0.1) is 0 Å². The summed E-state index contributed by atoms with van der Waals surface area (Å²) in [6.07, 6.45) is 0.222. The standard InChI is InChI=1S/C28H31N3O4S/c1-5-30(6-2)24(32)17-21-18-36-28-29-19(4)25(27(33)34-7-3)26(31(21)28)20-12-11-15-23(16-20)35-22-13-9-8-10-14-22/h8-16,18,26H,5-7,17H2,1-4H3. The maximum atomic E-state index is 13.2. The normalized spacial score (nSPS) is 16.8. The minimum atomic E-state index is -0.498. The number of amides is 1. The first-order chi connectivity index (χ1) is 17.5. The molecule has 1 unspecified atom stereocenters. The number of ether oxygens (including phenoxy) is 2. The molecule has 0 spiro atoms. The van der Waals surface area contributed by atoms with E-state index in [9.17, 15) is 9.59 Å². The Morgan fingerprint density at radius 2 is 1.75 bits per heavy atom. The van der Waals surface area contributed by atoms with E-state index in [4.69, 9.17) is 14.5 Å². The second-order valence-corrected chi connectivity index (χ2v) is 9.18. The van der Waals surface area contributed by atoms with Crippen molar-refractivity contribution in [3.63, 3.8) is 0 Å². The maximum absolute atomic E-state index is 13.2. The fourth-order valence-corrected chi connectivity index (χ4v) is 5.34. The molecule has 2 aliphatic rings. The van der Waals surface area contributed by atoms with Crippen LogP contribution in [0.2, 0.25) is 0 Å². The Morgan fingerprint density at radius 3 is 2.44 bits per heavy atom. The minimum Gasteiger partial charge on any atom is -0.463 e. The molecule has 2 aromatic rings. The molecule has 1 amide bonds. The van der Waals surface area contributed by atoms with Gasteiger partial charge in [0.15, 0.2) is 5.17 Å². The average Bonchev–Trinajstić information content (AvgIpc) is 3.26. The lowest BCUT2D eigenvalue weighted by Crippen LogP contribution is -2.38. The minimum absolute atomic E-state index is 0.0389. The number of rotatable bonds is 9. The van der Waals surface area contributed by atoms with E-state index < -0.39 is 12.0 Å². The summed E-state index contributed by atoms with van der Waals surface area (Å²) in [4.78, 5) is 34.7. The number of nitrogens with zero attached hydrogens (tertiary/aromatic N) is 3. The first-order valence-electron chi connectivity index (χ1n) is 12.2. The number of allylic oxidation sites excluding steroid dienone is 1. The van der Waals surface area contributed by atoms with Crippen LogP contribution in [0.3, 0.4) is 0 Å². The fraction of sp³-hybridized carbons (Fsp3) is 0.321. The molecule has 0 fully saturated rings. The number of carbonyl (C=O) groups is 2. The van der Waals surface area contributed by atoms with Crippen LogP contribution in [0.25, 0.3) is 0 Å². The third-order valence-electron chi connectivity index (χ3n) is 6.10. The van der Waals surface area contributed by atoms with Crippen molar-refractivity contribution in [2.75, 3.05) is 19.7 Å². The number of para-hydroxylation sites is 1. The molecule has 8 heteroatoms. The molecule has 0 aromatic heterocycles. The Hall–Kier alpha value is -3.52. The van der Waals surface area contributed by atoms with Gasteiger partial charge in [-0.1, -0.05) is 42.1 Å². The molecule has 0 saturated carbocycles. The van der Waals surface area contributed by atoms with Crippen LogP contribution in [0.5, 0.6) is 11.5 Å². The number of fused-ring (bicyclic) bond motifs is 1. The van der Waals surface area contributed by atoms with Crippen molar-refractivity contribution in [1.29, 1.82) is 0 Å².